The lowest BCUT2D eigenvalue weighted by atomic mass is 10.1. The molecule has 5 heteroatoms. The molecular formula is C16H25NO3S. The number of hydrogen-bond donors (Lipinski definition) is 1. The highest BCUT2D eigenvalue weighted by atomic mass is 32.2. The molecule has 0 bridgehead atoms. The highest BCUT2D eigenvalue weighted by molar-refractivity contribution is 7.93. The molecule has 1 aromatic carbocycles. The van der Waals surface area contributed by atoms with Gasteiger partial charge in [0.05, 0.1) is 11.1 Å². The van der Waals surface area contributed by atoms with Crippen LogP contribution < -0.4 is 0 Å². The standard InChI is InChI=1S/C12H13NO3S.2C2H6/c14-11-9-5-1-2-6-10(9)12(15)13(11)7-3-4-8-17-16;2*1-2/h1-2,5-6,16H,3-4,7-8H2;2*1-2H3. The Morgan fingerprint density at radius 3 is 1.86 bits per heavy atom. The van der Waals surface area contributed by atoms with Crippen LogP contribution in [0.15, 0.2) is 24.3 Å². The quantitative estimate of drug-likeness (QED) is 0.500. The molecule has 0 unspecified atom stereocenters. The summed E-state index contributed by atoms with van der Waals surface area (Å²) in [7, 11) is 0. The molecule has 0 saturated carbocycles. The summed E-state index contributed by atoms with van der Waals surface area (Å²) < 4.78 is 8.57. The lowest BCUT2D eigenvalue weighted by molar-refractivity contribution is 0.0652. The first-order valence-electron chi connectivity index (χ1n) is 7.47. The number of hydrogen-bond acceptors (Lipinski definition) is 4. The third kappa shape index (κ3) is 5.17. The van der Waals surface area contributed by atoms with E-state index >= 15 is 0 Å². The number of carbonyl (C=O) groups excluding carboxylic acids is 2. The molecule has 1 aromatic rings. The van der Waals surface area contributed by atoms with E-state index in [0.29, 0.717) is 23.4 Å². The molecule has 1 N–H and O–H groups in total. The van der Waals surface area contributed by atoms with Crippen molar-refractivity contribution in [3.05, 3.63) is 35.4 Å². The predicted molar refractivity (Wildman–Crippen MR) is 88.8 cm³/mol. The first-order valence-corrected chi connectivity index (χ1v) is 8.41. The number of nitrogens with zero attached hydrogens (tertiary/aromatic N) is 1. The number of imide groups is 1. The average molecular weight is 311 g/mol. The van der Waals surface area contributed by atoms with Crippen molar-refractivity contribution in [3.8, 4) is 0 Å². The number of fused-ring (bicyclic) bond motifs is 1. The monoisotopic (exact) mass is 311 g/mol. The van der Waals surface area contributed by atoms with Crippen LogP contribution >= 0.6 is 12.0 Å². The maximum absolute atomic E-state index is 11.9. The number of benzene rings is 1. The Kier molecular flexibility index (Phi) is 10.6. The van der Waals surface area contributed by atoms with E-state index in [9.17, 15) is 9.59 Å². The molecule has 0 fully saturated rings. The summed E-state index contributed by atoms with van der Waals surface area (Å²) in [5.41, 5.74) is 0.989. The molecule has 1 aliphatic rings. The van der Waals surface area contributed by atoms with Crippen molar-refractivity contribution < 1.29 is 14.1 Å². The fraction of sp³-hybridized carbons (Fsp3) is 0.500. The number of unbranched alkanes of at least 4 members (excludes halogenated alkanes) is 1. The van der Waals surface area contributed by atoms with Gasteiger partial charge in [-0.05, 0) is 37.0 Å². The van der Waals surface area contributed by atoms with Gasteiger partial charge in [0, 0.05) is 12.3 Å². The largest absolute Gasteiger partial charge is 0.330 e. The minimum Gasteiger partial charge on any atom is -0.330 e. The number of amides is 2. The Labute approximate surface area is 131 Å². The maximum atomic E-state index is 11.9. The summed E-state index contributed by atoms with van der Waals surface area (Å²) in [6, 6.07) is 6.88. The fourth-order valence-corrected chi connectivity index (χ4v) is 2.21. The minimum atomic E-state index is -0.206. The predicted octanol–water partition coefficient (Wildman–Crippen LogP) is 4.32. The summed E-state index contributed by atoms with van der Waals surface area (Å²) in [6.45, 7) is 8.42. The van der Waals surface area contributed by atoms with E-state index in [4.69, 9.17) is 4.55 Å². The van der Waals surface area contributed by atoms with Crippen molar-refractivity contribution in [2.24, 2.45) is 0 Å². The van der Waals surface area contributed by atoms with E-state index in [1.54, 1.807) is 24.3 Å². The van der Waals surface area contributed by atoms with Gasteiger partial charge in [-0.3, -0.25) is 14.5 Å². The van der Waals surface area contributed by atoms with Crippen LogP contribution in [0.3, 0.4) is 0 Å². The van der Waals surface area contributed by atoms with Crippen LogP contribution in [0.1, 0.15) is 61.3 Å². The normalized spacial score (nSPS) is 12.1. The highest BCUT2D eigenvalue weighted by Crippen LogP contribution is 2.22. The molecule has 2 rings (SSSR count). The van der Waals surface area contributed by atoms with Crippen LogP contribution in [-0.4, -0.2) is 33.6 Å². The third-order valence-corrected chi connectivity index (χ3v) is 3.22. The first kappa shape index (κ1) is 19.7. The second-order valence-electron chi connectivity index (χ2n) is 3.85. The summed E-state index contributed by atoms with van der Waals surface area (Å²) in [5, 5.41) is 0. The number of carbonyl (C=O) groups is 2. The molecule has 0 aliphatic carbocycles. The van der Waals surface area contributed by atoms with E-state index in [1.165, 1.54) is 4.90 Å². The summed E-state index contributed by atoms with van der Waals surface area (Å²) >= 11 is 0.785. The minimum absolute atomic E-state index is 0.206. The van der Waals surface area contributed by atoms with Gasteiger partial charge in [0.2, 0.25) is 0 Å². The molecule has 4 nitrogen and oxygen atoms in total. The second-order valence-corrected chi connectivity index (χ2v) is 4.51. The van der Waals surface area contributed by atoms with Crippen LogP contribution in [0.2, 0.25) is 0 Å². The molecule has 21 heavy (non-hydrogen) atoms. The summed E-state index contributed by atoms with van der Waals surface area (Å²) in [4.78, 5) is 25.1. The topological polar surface area (TPSA) is 57.6 Å². The average Bonchev–Trinajstić information content (AvgIpc) is 2.80. The Morgan fingerprint density at radius 2 is 1.43 bits per heavy atom. The van der Waals surface area contributed by atoms with Gasteiger partial charge in [-0.15, -0.1) is 0 Å². The highest BCUT2D eigenvalue weighted by Gasteiger charge is 2.34. The maximum Gasteiger partial charge on any atom is 0.261 e. The molecule has 0 aromatic heterocycles. The molecule has 1 heterocycles. The van der Waals surface area contributed by atoms with E-state index < -0.39 is 0 Å². The lowest BCUT2D eigenvalue weighted by Crippen LogP contribution is -2.30. The van der Waals surface area contributed by atoms with E-state index in [2.05, 4.69) is 0 Å². The molecule has 0 spiro atoms. The van der Waals surface area contributed by atoms with Crippen LogP contribution in [0.5, 0.6) is 0 Å². The molecule has 2 amide bonds. The van der Waals surface area contributed by atoms with Crippen LogP contribution in [0.25, 0.3) is 0 Å². The third-order valence-electron chi connectivity index (χ3n) is 2.75. The number of rotatable bonds is 5. The van der Waals surface area contributed by atoms with Gasteiger partial charge in [-0.25, -0.2) is 0 Å². The van der Waals surface area contributed by atoms with Crippen molar-refractivity contribution in [2.75, 3.05) is 12.3 Å². The zero-order valence-corrected chi connectivity index (χ0v) is 14.1. The van der Waals surface area contributed by atoms with Gasteiger partial charge < -0.3 is 4.55 Å². The molecule has 0 radical (unpaired) electrons. The Morgan fingerprint density at radius 1 is 0.952 bits per heavy atom. The van der Waals surface area contributed by atoms with E-state index in [0.717, 1.165) is 24.9 Å². The van der Waals surface area contributed by atoms with Crippen molar-refractivity contribution in [2.45, 2.75) is 40.5 Å². The lowest BCUT2D eigenvalue weighted by Gasteiger charge is -2.12. The van der Waals surface area contributed by atoms with Gasteiger partial charge in [-0.2, -0.15) is 0 Å². The summed E-state index contributed by atoms with van der Waals surface area (Å²) in [5.74, 6) is 0.216. The fourth-order valence-electron chi connectivity index (χ4n) is 1.88. The van der Waals surface area contributed by atoms with E-state index in [-0.39, 0.29) is 11.8 Å². The zero-order chi connectivity index (χ0) is 16.3. The first-order chi connectivity index (χ1) is 10.3. The smallest absolute Gasteiger partial charge is 0.261 e. The molecule has 0 saturated heterocycles. The van der Waals surface area contributed by atoms with Crippen molar-refractivity contribution >= 4 is 23.9 Å². The Bertz CT molecular complexity index is 414. The SMILES string of the molecule is CC.CC.O=C1c2ccccc2C(=O)N1CCCCSO. The van der Waals surface area contributed by atoms with Crippen molar-refractivity contribution in [1.82, 2.24) is 4.90 Å². The van der Waals surface area contributed by atoms with Crippen LogP contribution in [-0.2, 0) is 0 Å². The summed E-state index contributed by atoms with van der Waals surface area (Å²) in [6.07, 6.45) is 1.51. The van der Waals surface area contributed by atoms with Gasteiger partial charge >= 0.3 is 0 Å². The van der Waals surface area contributed by atoms with Gasteiger partial charge in [0.25, 0.3) is 11.8 Å². The van der Waals surface area contributed by atoms with Crippen molar-refractivity contribution in [3.63, 3.8) is 0 Å². The zero-order valence-electron chi connectivity index (χ0n) is 13.3. The Hall–Kier alpha value is -1.33. The Balaban J connectivity index is 0.000000921. The molecule has 1 aliphatic heterocycles. The second kappa shape index (κ2) is 11.3. The van der Waals surface area contributed by atoms with Crippen LogP contribution in [0.4, 0.5) is 0 Å². The molecule has 118 valence electrons. The van der Waals surface area contributed by atoms with Crippen LogP contribution in [0, 0.1) is 0 Å². The van der Waals surface area contributed by atoms with Crippen molar-refractivity contribution in [1.29, 1.82) is 0 Å². The molecular weight excluding hydrogens is 286 g/mol. The van der Waals surface area contributed by atoms with Gasteiger partial charge in [0.15, 0.2) is 0 Å². The molecule has 0 atom stereocenters. The van der Waals surface area contributed by atoms with Gasteiger partial charge in [0.1, 0.15) is 0 Å². The van der Waals surface area contributed by atoms with E-state index in [1.807, 2.05) is 27.7 Å². The van der Waals surface area contributed by atoms with Gasteiger partial charge in [-0.1, -0.05) is 39.8 Å².